The minimum Gasteiger partial charge on any atom is -0.458 e. The number of unbranched alkanes of at least 4 members (excludes halogenated alkanes) is 12. The Labute approximate surface area is 449 Å². The summed E-state index contributed by atoms with van der Waals surface area (Å²) in [7, 11) is 3.11. The van der Waals surface area contributed by atoms with E-state index in [2.05, 4.69) is 17.2 Å². The fraction of sp³-hybridized carbons (Fsp3) is 0.855. The molecule has 6 rings (SSSR count). The number of esters is 2. The van der Waals surface area contributed by atoms with Crippen LogP contribution in [-0.4, -0.2) is 160 Å². The maximum Gasteiger partial charge on any atom is 0.407 e. The minimum atomic E-state index is -1.39. The van der Waals surface area contributed by atoms with Crippen LogP contribution in [0.4, 0.5) is 4.79 Å². The molecule has 5 fully saturated rings. The van der Waals surface area contributed by atoms with Gasteiger partial charge in [0, 0.05) is 38.8 Å². The quantitative estimate of drug-likeness (QED) is 0.0584. The number of carbonyl (C=O) groups is 4. The average molecular weight is 1080 g/mol. The number of hydrogen-bond donors (Lipinski definition) is 2. The summed E-state index contributed by atoms with van der Waals surface area (Å²) in [6.07, 6.45) is 5.79. The largest absolute Gasteiger partial charge is 0.458 e. The number of fused-ring (bicyclic) bond motifs is 2. The van der Waals surface area contributed by atoms with Gasteiger partial charge in [0.15, 0.2) is 30.1 Å². The van der Waals surface area contributed by atoms with Crippen molar-refractivity contribution >= 4 is 23.9 Å². The third kappa shape index (κ3) is 15.9. The Morgan fingerprint density at radius 2 is 1.34 bits per heavy atom. The molecule has 432 valence electrons. The predicted octanol–water partition coefficient (Wildman–Crippen LogP) is 6.77. The van der Waals surface area contributed by atoms with E-state index in [0.717, 1.165) is 25.7 Å². The second kappa shape index (κ2) is 26.3. The van der Waals surface area contributed by atoms with Crippen molar-refractivity contribution in [2.45, 2.75) is 275 Å². The molecular formula is C55H91N5O16. The maximum atomic E-state index is 15.6. The Kier molecular flexibility index (Phi) is 21.2. The van der Waals surface area contributed by atoms with Gasteiger partial charge in [-0.25, -0.2) is 14.4 Å². The first-order chi connectivity index (χ1) is 35.8. The van der Waals surface area contributed by atoms with Crippen LogP contribution in [0.25, 0.3) is 0 Å². The van der Waals surface area contributed by atoms with Crippen LogP contribution in [0.15, 0.2) is 21.9 Å². The number of rotatable bonds is 25. The van der Waals surface area contributed by atoms with E-state index in [1.807, 2.05) is 13.8 Å². The zero-order valence-corrected chi connectivity index (χ0v) is 47.7. The van der Waals surface area contributed by atoms with Crippen molar-refractivity contribution in [1.82, 2.24) is 24.7 Å². The van der Waals surface area contributed by atoms with Crippen molar-refractivity contribution < 1.29 is 66.5 Å². The van der Waals surface area contributed by atoms with Crippen LogP contribution < -0.4 is 16.6 Å². The number of hydrogen-bond acceptors (Lipinski definition) is 17. The third-order valence-electron chi connectivity index (χ3n) is 14.7. The number of aromatic nitrogens is 2. The molecule has 5 saturated heterocycles. The first-order valence-electron chi connectivity index (χ1n) is 28.1. The molecule has 0 bridgehead atoms. The Morgan fingerprint density at radius 1 is 0.763 bits per heavy atom. The minimum absolute atomic E-state index is 0.0602. The van der Waals surface area contributed by atoms with Crippen molar-refractivity contribution in [3.63, 3.8) is 0 Å². The number of likely N-dealkylation sites (N-methyl/N-ethyl adjacent to an activating group) is 2. The highest BCUT2D eigenvalue weighted by atomic mass is 16.8. The lowest BCUT2D eigenvalue weighted by molar-refractivity contribution is -0.277. The SMILES string of the molecule is CCCCCCCCCCCCCCCC(=O)O[C@H]1CN(C)[C@@H]([C@H](O[C@@H]2O[C@H](CNC(=O)OC(C)(C)C)[C@H]3OC(CC)(CC)O[C@@H]23)[C@H]2O[C@@H](n3ccc(=O)[nH]c3=O)[C@@H]3OC(C)(C)O[C@H]23)C(=O)N(C)[C@@H]1C(=O)OC(C)(C)C. The lowest BCUT2D eigenvalue weighted by Gasteiger charge is -2.39. The first kappa shape index (κ1) is 61.3. The number of amides is 2. The molecule has 5 aliphatic rings. The van der Waals surface area contributed by atoms with Gasteiger partial charge in [-0.05, 0) is 81.7 Å². The van der Waals surface area contributed by atoms with Crippen LogP contribution in [0.5, 0.6) is 0 Å². The Morgan fingerprint density at radius 3 is 1.92 bits per heavy atom. The summed E-state index contributed by atoms with van der Waals surface area (Å²) in [5.74, 6) is -4.18. The highest BCUT2D eigenvalue weighted by Gasteiger charge is 2.64. The maximum absolute atomic E-state index is 15.6. The van der Waals surface area contributed by atoms with E-state index in [9.17, 15) is 24.0 Å². The van der Waals surface area contributed by atoms with E-state index >= 15 is 4.79 Å². The van der Waals surface area contributed by atoms with Crippen molar-refractivity contribution in [3.8, 4) is 0 Å². The van der Waals surface area contributed by atoms with E-state index in [1.54, 1.807) is 67.3 Å². The molecule has 0 radical (unpaired) electrons. The number of nitrogens with zero attached hydrogens (tertiary/aromatic N) is 3. The highest BCUT2D eigenvalue weighted by molar-refractivity contribution is 5.89. The van der Waals surface area contributed by atoms with E-state index in [-0.39, 0.29) is 19.5 Å². The van der Waals surface area contributed by atoms with Gasteiger partial charge in [0.05, 0.1) is 0 Å². The number of nitrogens with one attached hydrogen (secondary N) is 2. The molecule has 0 saturated carbocycles. The first-order valence-corrected chi connectivity index (χ1v) is 28.1. The molecule has 2 amide bonds. The molecule has 0 aliphatic carbocycles. The van der Waals surface area contributed by atoms with Crippen molar-refractivity contribution in [2.24, 2.45) is 0 Å². The molecule has 6 heterocycles. The number of H-pyrrole nitrogens is 1. The zero-order valence-electron chi connectivity index (χ0n) is 47.7. The molecule has 0 spiro atoms. The molecule has 12 atom stereocenters. The highest BCUT2D eigenvalue weighted by Crippen LogP contribution is 2.48. The van der Waals surface area contributed by atoms with Crippen molar-refractivity contribution in [3.05, 3.63) is 33.1 Å². The molecule has 76 heavy (non-hydrogen) atoms. The summed E-state index contributed by atoms with van der Waals surface area (Å²) < 4.78 is 65.8. The van der Waals surface area contributed by atoms with Gasteiger partial charge >= 0.3 is 23.7 Å². The Balaban J connectivity index is 1.30. The number of alkyl carbamates (subject to hydrolysis) is 1. The molecule has 1 aromatic rings. The summed E-state index contributed by atoms with van der Waals surface area (Å²) in [5, 5.41) is 2.79. The summed E-state index contributed by atoms with van der Waals surface area (Å²) in [6.45, 7) is 19.7. The molecule has 21 nitrogen and oxygen atoms in total. The van der Waals surface area contributed by atoms with E-state index < -0.39 is 131 Å². The fourth-order valence-electron chi connectivity index (χ4n) is 11.0. The molecule has 1 aromatic heterocycles. The Hall–Kier alpha value is -3.96. The van der Waals surface area contributed by atoms with Crippen molar-refractivity contribution in [2.75, 3.05) is 27.2 Å². The molecule has 0 unspecified atom stereocenters. The van der Waals surface area contributed by atoms with Gasteiger partial charge in [-0.3, -0.25) is 28.8 Å². The van der Waals surface area contributed by atoms with Crippen LogP contribution in [0.3, 0.4) is 0 Å². The Bertz CT molecular complexity index is 2200. The molecule has 5 aliphatic heterocycles. The zero-order chi connectivity index (χ0) is 55.8. The third-order valence-corrected chi connectivity index (χ3v) is 14.7. The number of aromatic amines is 1. The van der Waals surface area contributed by atoms with E-state index in [4.69, 9.17) is 47.4 Å². The van der Waals surface area contributed by atoms with Gasteiger partial charge in [0.1, 0.15) is 66.1 Å². The van der Waals surface area contributed by atoms with Gasteiger partial charge < -0.3 is 57.6 Å². The fourth-order valence-corrected chi connectivity index (χ4v) is 11.0. The van der Waals surface area contributed by atoms with Gasteiger partial charge in [0.2, 0.25) is 5.91 Å². The monoisotopic (exact) mass is 1080 g/mol. The number of carbonyl (C=O) groups excluding carboxylic acids is 4. The smallest absolute Gasteiger partial charge is 0.407 e. The van der Waals surface area contributed by atoms with Crippen LogP contribution >= 0.6 is 0 Å². The standard InChI is InChI=1S/C55H91N5O16/c1-14-17-18-19-20-21-22-23-24-25-26-27-28-29-37(62)67-35-33-58(12)39(46(63)59(13)38(35)48(64)75-52(4,5)6)41(42-43-44(72-54(10,11)71-43)47(69-42)60-31-30-36(61)57-50(60)65)70-49-45-40(73-55(15-2,16-3)74-45)34(68-49)32-56-51(66)76-53(7,8)9/h30-31,34-35,38-45,47,49H,14-29,32-33H2,1-13H3,(H,56,66)(H,57,61,65)/t34-,35+,38+,39+,40-,41+,42-,43-,44-,45-,47-,49+/m1/s1. The second-order valence-electron chi connectivity index (χ2n) is 23.7. The lowest BCUT2D eigenvalue weighted by atomic mass is 9.97. The molecule has 0 aromatic carbocycles. The van der Waals surface area contributed by atoms with Crippen LogP contribution in [0.2, 0.25) is 0 Å². The molecule has 2 N–H and O–H groups in total. The summed E-state index contributed by atoms with van der Waals surface area (Å²) in [4.78, 5) is 87.7. The van der Waals surface area contributed by atoms with Crippen LogP contribution in [0, 0.1) is 0 Å². The van der Waals surface area contributed by atoms with Gasteiger partial charge in [-0.15, -0.1) is 0 Å². The normalized spacial score (nSPS) is 29.7. The molecular weight excluding hydrogens is 987 g/mol. The summed E-state index contributed by atoms with van der Waals surface area (Å²) >= 11 is 0. The predicted molar refractivity (Wildman–Crippen MR) is 279 cm³/mol. The second-order valence-corrected chi connectivity index (χ2v) is 23.7. The summed E-state index contributed by atoms with van der Waals surface area (Å²) in [5.41, 5.74) is -3.14. The average Bonchev–Trinajstić information content (AvgIpc) is 4.04. The topological polar surface area (TPSA) is 234 Å². The van der Waals surface area contributed by atoms with E-state index in [1.165, 1.54) is 80.1 Å². The summed E-state index contributed by atoms with van der Waals surface area (Å²) in [6, 6.07) is -1.55. The lowest BCUT2D eigenvalue weighted by Crippen LogP contribution is -2.60. The van der Waals surface area contributed by atoms with E-state index in [0.29, 0.717) is 19.3 Å². The van der Waals surface area contributed by atoms with Crippen LogP contribution in [-0.2, 0) is 61.8 Å². The van der Waals surface area contributed by atoms with Gasteiger partial charge in [0.25, 0.3) is 5.56 Å². The van der Waals surface area contributed by atoms with Gasteiger partial charge in [-0.2, -0.15) is 0 Å². The van der Waals surface area contributed by atoms with Gasteiger partial charge in [-0.1, -0.05) is 97.8 Å². The van der Waals surface area contributed by atoms with Crippen LogP contribution in [0.1, 0.15) is 185 Å². The van der Waals surface area contributed by atoms with Crippen molar-refractivity contribution in [1.29, 1.82) is 0 Å². The number of ether oxygens (including phenoxy) is 10. The molecule has 21 heteroatoms.